The number of hydrogen-bond donors (Lipinski definition) is 2. The molecule has 6 aromatic rings. The van der Waals surface area contributed by atoms with Crippen molar-refractivity contribution in [3.05, 3.63) is 159 Å². The maximum atomic E-state index is 13.1. The van der Waals surface area contributed by atoms with Crippen LogP contribution in [0.1, 0.15) is 103 Å². The minimum atomic E-state index is -0.816. The summed E-state index contributed by atoms with van der Waals surface area (Å²) in [6, 6.07) is 24.3. The van der Waals surface area contributed by atoms with Gasteiger partial charge in [-0.3, -0.25) is 20.4 Å². The van der Waals surface area contributed by atoms with E-state index >= 15 is 0 Å². The van der Waals surface area contributed by atoms with Crippen molar-refractivity contribution in [1.29, 1.82) is 5.26 Å². The van der Waals surface area contributed by atoms with E-state index in [0.29, 0.717) is 81.9 Å². The van der Waals surface area contributed by atoms with Crippen molar-refractivity contribution in [3.8, 4) is 41.0 Å². The summed E-state index contributed by atoms with van der Waals surface area (Å²) in [6.45, 7) is 5.45. The van der Waals surface area contributed by atoms with Crippen LogP contribution in [0.2, 0.25) is 25.1 Å². The molecule has 0 atom stereocenters. The number of nitriles is 1. The smallest absolute Gasteiger partial charge is 0.344 e. The van der Waals surface area contributed by atoms with E-state index in [1.807, 2.05) is 11.1 Å². The van der Waals surface area contributed by atoms with E-state index in [0.717, 1.165) is 32.4 Å². The van der Waals surface area contributed by atoms with Crippen molar-refractivity contribution in [2.45, 2.75) is 64.9 Å². The summed E-state index contributed by atoms with van der Waals surface area (Å²) in [5.74, 6) is 3.65. The second kappa shape index (κ2) is 25.8. The number of piperidine rings is 2. The Morgan fingerprint density at radius 1 is 0.667 bits per heavy atom. The van der Waals surface area contributed by atoms with Gasteiger partial charge in [0.2, 0.25) is 11.8 Å². The monoisotopic (exact) mass is 1120 g/mol. The van der Waals surface area contributed by atoms with Crippen LogP contribution in [0.25, 0.3) is 11.4 Å². The van der Waals surface area contributed by atoms with Crippen LogP contribution in [0.15, 0.2) is 84.9 Å². The van der Waals surface area contributed by atoms with E-state index in [1.165, 1.54) is 27.6 Å². The fourth-order valence-corrected chi connectivity index (χ4v) is 8.81. The van der Waals surface area contributed by atoms with Gasteiger partial charge in [0.25, 0.3) is 16.9 Å². The molecule has 2 saturated heterocycles. The second-order valence-electron chi connectivity index (χ2n) is 16.8. The van der Waals surface area contributed by atoms with Gasteiger partial charge in [-0.25, -0.2) is 19.6 Å². The normalized spacial score (nSPS) is 13.7. The van der Waals surface area contributed by atoms with Crippen molar-refractivity contribution >= 4 is 81.8 Å². The lowest BCUT2D eigenvalue weighted by Crippen LogP contribution is -2.48. The number of carbonyl (C=O) groups is 4. The molecule has 2 fully saturated rings. The molecular formula is C51H45Cl5N10O9. The zero-order chi connectivity index (χ0) is 53.8. The van der Waals surface area contributed by atoms with Crippen LogP contribution < -0.4 is 20.3 Å². The number of benzene rings is 4. The zero-order valence-corrected chi connectivity index (χ0v) is 43.9. The summed E-state index contributed by atoms with van der Waals surface area (Å²) >= 11 is 30.8. The number of rotatable bonds is 13. The molecule has 24 heteroatoms. The SMILES string of the molecule is Cc1c(C(=O)NN2CCC(O[N+](=O)[O-])CC2)nn(-c2ccc(Cl)cc2Cl)c1OC(=O)c1ccc(Cl)cc1.Cc1c(C(=O)NN2CCCCC2)nn(-c2ccc(Cl)cc2Cl)c1OC(=O)c1ccc(C#CCCC#N)cc1. The third-order valence-electron chi connectivity index (χ3n) is 11.6. The van der Waals surface area contributed by atoms with E-state index in [2.05, 4.69) is 37.7 Å². The van der Waals surface area contributed by atoms with E-state index in [9.17, 15) is 29.3 Å². The van der Waals surface area contributed by atoms with E-state index in [4.69, 9.17) is 72.7 Å². The first-order valence-electron chi connectivity index (χ1n) is 23.2. The Hall–Kier alpha value is -7.20. The highest BCUT2D eigenvalue weighted by Gasteiger charge is 2.30. The fraction of sp³-hybridized carbons (Fsp3) is 0.275. The number of nitrogens with zero attached hydrogens (tertiary/aromatic N) is 8. The molecule has 2 aromatic heterocycles. The Kier molecular flexibility index (Phi) is 19.1. The highest BCUT2D eigenvalue weighted by atomic mass is 35.5. The number of ether oxygens (including phenoxy) is 2. The summed E-state index contributed by atoms with van der Waals surface area (Å²) in [4.78, 5) is 67.4. The number of hydrogen-bond acceptors (Lipinski definition) is 14. The number of amides is 2. The average Bonchev–Trinajstić information content (AvgIpc) is 3.88. The number of aromatic nitrogens is 4. The van der Waals surface area contributed by atoms with Crippen LogP contribution >= 0.6 is 58.0 Å². The van der Waals surface area contributed by atoms with Gasteiger partial charge in [0.15, 0.2) is 11.4 Å². The maximum absolute atomic E-state index is 13.1. The molecular weight excluding hydrogens is 1070 g/mol. The predicted molar refractivity (Wildman–Crippen MR) is 279 cm³/mol. The molecule has 8 rings (SSSR count). The first-order valence-corrected chi connectivity index (χ1v) is 25.1. The van der Waals surface area contributed by atoms with Crippen molar-refractivity contribution in [3.63, 3.8) is 0 Å². The minimum absolute atomic E-state index is 0.00594. The van der Waals surface area contributed by atoms with Gasteiger partial charge in [-0.05, 0) is 124 Å². The lowest BCUT2D eigenvalue weighted by Gasteiger charge is -2.30. The number of nitrogens with one attached hydrogen (secondary N) is 2. The summed E-state index contributed by atoms with van der Waals surface area (Å²) in [5.41, 5.74) is 8.42. The van der Waals surface area contributed by atoms with E-state index in [-0.39, 0.29) is 44.3 Å². The Morgan fingerprint density at radius 3 is 1.57 bits per heavy atom. The number of unbranched alkanes of at least 4 members (excludes halogenated alkanes) is 1. The van der Waals surface area contributed by atoms with Crippen LogP contribution in [0.5, 0.6) is 11.8 Å². The summed E-state index contributed by atoms with van der Waals surface area (Å²) in [6.07, 6.45) is 4.16. The van der Waals surface area contributed by atoms with Crippen molar-refractivity contribution in [2.24, 2.45) is 0 Å². The highest BCUT2D eigenvalue weighted by Crippen LogP contribution is 2.34. The largest absolute Gasteiger partial charge is 0.403 e. The van der Waals surface area contributed by atoms with Crippen LogP contribution in [-0.4, -0.2) is 90.7 Å². The molecule has 4 heterocycles. The Bertz CT molecular complexity index is 3210. The molecule has 0 saturated carbocycles. The van der Waals surface area contributed by atoms with Crippen LogP contribution in [0.4, 0.5) is 0 Å². The zero-order valence-electron chi connectivity index (χ0n) is 40.1. The third-order valence-corrected chi connectivity index (χ3v) is 12.9. The molecule has 0 bridgehead atoms. The quantitative estimate of drug-likeness (QED) is 0.0361. The highest BCUT2D eigenvalue weighted by molar-refractivity contribution is 6.36. The van der Waals surface area contributed by atoms with Crippen molar-refractivity contribution in [1.82, 2.24) is 40.4 Å². The standard InChI is InChI=1S/C28H25Cl2N5O3.C23H20Cl3N5O6/c1-19-25(26(36)33-34-16-6-3-7-17-34)32-35(24-14-13-22(29)18-23(24)30)27(19)38-28(37)21-11-9-20(10-12-21)8-4-2-5-15-31;1-13-20(21(32)28-29-10-8-17(9-11-29)37-31(34)35)27-30(19-7-6-16(25)12-18(19)26)22(13)36-23(33)14-2-4-15(24)5-3-14/h9-14,18H,2-3,5-7,16-17H2,1H3,(H,33,36);2-7,12,17H,8-11H2,1H3,(H,28,32). The van der Waals surface area contributed by atoms with Crippen LogP contribution in [0.3, 0.4) is 0 Å². The van der Waals surface area contributed by atoms with E-state index in [1.54, 1.807) is 85.6 Å². The minimum Gasteiger partial charge on any atom is -0.403 e. The Balaban J connectivity index is 0.000000219. The van der Waals surface area contributed by atoms with Crippen molar-refractivity contribution in [2.75, 3.05) is 26.2 Å². The van der Waals surface area contributed by atoms with Crippen LogP contribution in [-0.2, 0) is 4.84 Å². The number of halogens is 5. The van der Waals surface area contributed by atoms with Gasteiger partial charge in [0.05, 0.1) is 38.6 Å². The molecule has 75 heavy (non-hydrogen) atoms. The number of esters is 2. The van der Waals surface area contributed by atoms with Gasteiger partial charge in [-0.2, -0.15) is 24.8 Å². The van der Waals surface area contributed by atoms with Crippen molar-refractivity contribution < 1.29 is 38.6 Å². The molecule has 2 N–H and O–H groups in total. The topological polar surface area (TPSA) is 229 Å². The summed E-state index contributed by atoms with van der Waals surface area (Å²) in [5, 5.41) is 32.5. The first kappa shape index (κ1) is 55.5. The van der Waals surface area contributed by atoms with Crippen LogP contribution in [0, 0.1) is 47.1 Å². The van der Waals surface area contributed by atoms with Gasteiger partial charge >= 0.3 is 11.9 Å². The van der Waals surface area contributed by atoms with E-state index < -0.39 is 34.9 Å². The molecule has 0 radical (unpaired) electrons. The molecule has 0 aliphatic carbocycles. The molecule has 4 aromatic carbocycles. The fourth-order valence-electron chi connectivity index (χ4n) is 7.71. The third kappa shape index (κ3) is 14.6. The Labute approximate surface area is 455 Å². The lowest BCUT2D eigenvalue weighted by atomic mass is 10.1. The first-order chi connectivity index (χ1) is 36.0. The maximum Gasteiger partial charge on any atom is 0.344 e. The van der Waals surface area contributed by atoms with Gasteiger partial charge in [0, 0.05) is 70.8 Å². The van der Waals surface area contributed by atoms with Gasteiger partial charge in [0.1, 0.15) is 6.10 Å². The van der Waals surface area contributed by atoms with Gasteiger partial charge in [-0.15, -0.1) is 10.1 Å². The summed E-state index contributed by atoms with van der Waals surface area (Å²) < 4.78 is 14.0. The average molecular weight is 1120 g/mol. The Morgan fingerprint density at radius 2 is 1.12 bits per heavy atom. The molecule has 0 unspecified atom stereocenters. The molecule has 19 nitrogen and oxygen atoms in total. The molecule has 388 valence electrons. The van der Waals surface area contributed by atoms with Gasteiger partial charge in [-0.1, -0.05) is 76.3 Å². The second-order valence-corrected chi connectivity index (χ2v) is 19.0. The van der Waals surface area contributed by atoms with Gasteiger partial charge < -0.3 is 14.3 Å². The lowest BCUT2D eigenvalue weighted by molar-refractivity contribution is -0.769. The predicted octanol–water partition coefficient (Wildman–Crippen LogP) is 10.2. The molecule has 2 aliphatic heterocycles. The molecule has 2 aliphatic rings. The molecule has 2 amide bonds. The number of carbonyl (C=O) groups excluding carboxylic acids is 4. The number of hydrazine groups is 2. The summed E-state index contributed by atoms with van der Waals surface area (Å²) in [7, 11) is 0. The molecule has 0 spiro atoms.